The maximum Gasteiger partial charge on any atom is 0.268 e. The number of hydrogen-bond acceptors (Lipinski definition) is 7. The van der Waals surface area contributed by atoms with Crippen LogP contribution in [-0.2, 0) is 0 Å². The van der Waals surface area contributed by atoms with Crippen LogP contribution in [0.2, 0.25) is 0 Å². The third kappa shape index (κ3) is 3.35. The topological polar surface area (TPSA) is 86.5 Å². The van der Waals surface area contributed by atoms with Crippen molar-refractivity contribution >= 4 is 22.9 Å². The Balaban J connectivity index is 1.61. The van der Waals surface area contributed by atoms with Crippen molar-refractivity contribution < 1.29 is 9.47 Å². The third-order valence-corrected chi connectivity index (χ3v) is 4.27. The molecule has 4 rings (SSSR count). The Hall–Kier alpha value is -3.94. The molecule has 0 radical (unpaired) electrons. The molecule has 1 heterocycles. The molecule has 0 saturated carbocycles. The Morgan fingerprint density at radius 2 is 1.86 bits per heavy atom. The largest absolute Gasteiger partial charge is 0.497 e. The number of nitrogens with one attached hydrogen (secondary N) is 1. The number of rotatable bonds is 6. The molecule has 1 N–H and O–H groups in total. The summed E-state index contributed by atoms with van der Waals surface area (Å²) in [5, 5.41) is 18.3. The van der Waals surface area contributed by atoms with Crippen LogP contribution in [-0.4, -0.2) is 40.6 Å². The SMILES string of the molecule is COc1ccc(C=NNc2nnnn2-c2cccc3ccccc23)c(OC)c1. The van der Waals surface area contributed by atoms with E-state index in [1.54, 1.807) is 31.2 Å². The molecule has 0 bridgehead atoms. The average Bonchev–Trinajstić information content (AvgIpc) is 3.21. The van der Waals surface area contributed by atoms with Crippen LogP contribution < -0.4 is 14.9 Å². The summed E-state index contributed by atoms with van der Waals surface area (Å²) >= 11 is 0. The molecule has 0 aliphatic carbocycles. The highest BCUT2D eigenvalue weighted by molar-refractivity contribution is 5.90. The van der Waals surface area contributed by atoms with E-state index in [1.807, 2.05) is 54.6 Å². The Kier molecular flexibility index (Phi) is 4.83. The second-order valence-electron chi connectivity index (χ2n) is 5.89. The fraction of sp³-hybridized carbons (Fsp3) is 0.100. The van der Waals surface area contributed by atoms with E-state index in [1.165, 1.54) is 0 Å². The molecule has 0 aliphatic heterocycles. The van der Waals surface area contributed by atoms with Gasteiger partial charge in [0.1, 0.15) is 11.5 Å². The van der Waals surface area contributed by atoms with E-state index in [0.29, 0.717) is 17.4 Å². The molecule has 0 saturated heterocycles. The summed E-state index contributed by atoms with van der Waals surface area (Å²) < 4.78 is 12.2. The van der Waals surface area contributed by atoms with Crippen molar-refractivity contribution in [1.82, 2.24) is 20.2 Å². The van der Waals surface area contributed by atoms with Crippen molar-refractivity contribution in [3.8, 4) is 17.2 Å². The minimum atomic E-state index is 0.403. The van der Waals surface area contributed by atoms with Gasteiger partial charge in [-0.25, -0.2) is 5.43 Å². The lowest BCUT2D eigenvalue weighted by molar-refractivity contribution is 0.394. The van der Waals surface area contributed by atoms with Crippen molar-refractivity contribution in [2.24, 2.45) is 5.10 Å². The molecule has 0 fully saturated rings. The molecule has 28 heavy (non-hydrogen) atoms. The number of hydrazone groups is 1. The van der Waals surface area contributed by atoms with Crippen molar-refractivity contribution in [2.75, 3.05) is 19.6 Å². The highest BCUT2D eigenvalue weighted by Gasteiger charge is 2.10. The first-order chi connectivity index (χ1) is 13.8. The summed E-state index contributed by atoms with van der Waals surface area (Å²) in [6, 6.07) is 19.5. The van der Waals surface area contributed by atoms with Gasteiger partial charge in [0.05, 0.1) is 26.1 Å². The molecule has 8 nitrogen and oxygen atoms in total. The molecule has 140 valence electrons. The van der Waals surface area contributed by atoms with Crippen LogP contribution in [0.3, 0.4) is 0 Å². The lowest BCUT2D eigenvalue weighted by Gasteiger charge is -2.08. The van der Waals surface area contributed by atoms with Gasteiger partial charge in [0.25, 0.3) is 5.95 Å². The minimum Gasteiger partial charge on any atom is -0.497 e. The second-order valence-corrected chi connectivity index (χ2v) is 5.89. The Bertz CT molecular complexity index is 1130. The molecular formula is C20H18N6O2. The first-order valence-electron chi connectivity index (χ1n) is 8.58. The molecule has 0 unspecified atom stereocenters. The van der Waals surface area contributed by atoms with Crippen molar-refractivity contribution in [3.63, 3.8) is 0 Å². The predicted molar refractivity (Wildman–Crippen MR) is 107 cm³/mol. The van der Waals surface area contributed by atoms with Gasteiger partial charge >= 0.3 is 0 Å². The molecular weight excluding hydrogens is 356 g/mol. The van der Waals surface area contributed by atoms with Crippen LogP contribution in [0.1, 0.15) is 5.56 Å². The number of hydrogen-bond donors (Lipinski definition) is 1. The molecule has 0 atom stereocenters. The molecule has 4 aromatic rings. The van der Waals surface area contributed by atoms with Crippen LogP contribution in [0.5, 0.6) is 11.5 Å². The van der Waals surface area contributed by atoms with Gasteiger partial charge in [-0.1, -0.05) is 41.5 Å². The van der Waals surface area contributed by atoms with E-state index in [-0.39, 0.29) is 0 Å². The molecule has 0 spiro atoms. The Morgan fingerprint density at radius 3 is 2.71 bits per heavy atom. The number of tetrazole rings is 1. The number of benzene rings is 3. The van der Waals surface area contributed by atoms with Crippen LogP contribution in [0.25, 0.3) is 16.5 Å². The van der Waals surface area contributed by atoms with Gasteiger partial charge in [0, 0.05) is 17.0 Å². The van der Waals surface area contributed by atoms with Gasteiger partial charge in [0.2, 0.25) is 0 Å². The first kappa shape index (κ1) is 17.5. The van der Waals surface area contributed by atoms with E-state index in [0.717, 1.165) is 22.0 Å². The zero-order chi connectivity index (χ0) is 19.3. The zero-order valence-corrected chi connectivity index (χ0v) is 15.4. The number of anilines is 1. The normalized spacial score (nSPS) is 11.1. The maximum atomic E-state index is 5.37. The highest BCUT2D eigenvalue weighted by atomic mass is 16.5. The second kappa shape index (κ2) is 7.75. The maximum absolute atomic E-state index is 5.37. The monoisotopic (exact) mass is 374 g/mol. The molecule has 3 aromatic carbocycles. The number of fused-ring (bicyclic) bond motifs is 1. The molecule has 8 heteroatoms. The first-order valence-corrected chi connectivity index (χ1v) is 8.58. The number of aromatic nitrogens is 4. The van der Waals surface area contributed by atoms with E-state index in [9.17, 15) is 0 Å². The Morgan fingerprint density at radius 1 is 1.00 bits per heavy atom. The van der Waals surface area contributed by atoms with Gasteiger partial charge in [-0.05, 0) is 34.0 Å². The molecule has 1 aromatic heterocycles. The van der Waals surface area contributed by atoms with Gasteiger partial charge in [0.15, 0.2) is 0 Å². The summed E-state index contributed by atoms with van der Waals surface area (Å²) in [7, 11) is 3.21. The Labute approximate surface area is 161 Å². The summed E-state index contributed by atoms with van der Waals surface area (Å²) in [6.07, 6.45) is 1.64. The molecule has 0 amide bonds. The van der Waals surface area contributed by atoms with Crippen LogP contribution in [0.15, 0.2) is 65.8 Å². The highest BCUT2D eigenvalue weighted by Crippen LogP contribution is 2.24. The summed E-state index contributed by atoms with van der Waals surface area (Å²) in [5.41, 5.74) is 4.55. The lowest BCUT2D eigenvalue weighted by Crippen LogP contribution is -2.04. The smallest absolute Gasteiger partial charge is 0.268 e. The van der Waals surface area contributed by atoms with Gasteiger partial charge in [-0.2, -0.15) is 9.78 Å². The van der Waals surface area contributed by atoms with Crippen molar-refractivity contribution in [2.45, 2.75) is 0 Å². The molecule has 0 aliphatic rings. The standard InChI is InChI=1S/C20H18N6O2/c1-27-16-11-10-15(19(12-16)28-2)13-21-22-20-23-24-25-26(20)18-9-5-7-14-6-3-4-8-17(14)18/h3-13H,1-2H3,(H,22,23,25). The third-order valence-electron chi connectivity index (χ3n) is 4.27. The summed E-state index contributed by atoms with van der Waals surface area (Å²) in [6.45, 7) is 0. The number of ether oxygens (including phenoxy) is 2. The summed E-state index contributed by atoms with van der Waals surface area (Å²) in [4.78, 5) is 0. The average molecular weight is 374 g/mol. The van der Waals surface area contributed by atoms with E-state index in [2.05, 4.69) is 26.1 Å². The van der Waals surface area contributed by atoms with Gasteiger partial charge in [-0.3, -0.25) is 0 Å². The van der Waals surface area contributed by atoms with E-state index < -0.39 is 0 Å². The summed E-state index contributed by atoms with van der Waals surface area (Å²) in [5.74, 6) is 1.76. The quantitative estimate of drug-likeness (QED) is 0.412. The fourth-order valence-electron chi connectivity index (χ4n) is 2.90. The van der Waals surface area contributed by atoms with E-state index in [4.69, 9.17) is 9.47 Å². The van der Waals surface area contributed by atoms with Gasteiger partial charge in [-0.15, -0.1) is 0 Å². The number of nitrogens with zero attached hydrogens (tertiary/aromatic N) is 5. The predicted octanol–water partition coefficient (Wildman–Crippen LogP) is 3.28. The number of methoxy groups -OCH3 is 2. The minimum absolute atomic E-state index is 0.403. The van der Waals surface area contributed by atoms with Crippen molar-refractivity contribution in [3.05, 3.63) is 66.2 Å². The van der Waals surface area contributed by atoms with Gasteiger partial charge < -0.3 is 9.47 Å². The van der Waals surface area contributed by atoms with E-state index >= 15 is 0 Å². The van der Waals surface area contributed by atoms with Crippen molar-refractivity contribution in [1.29, 1.82) is 0 Å². The van der Waals surface area contributed by atoms with Crippen LogP contribution >= 0.6 is 0 Å². The van der Waals surface area contributed by atoms with Crippen LogP contribution in [0, 0.1) is 0 Å². The van der Waals surface area contributed by atoms with Crippen LogP contribution in [0.4, 0.5) is 5.95 Å². The zero-order valence-electron chi connectivity index (χ0n) is 15.4. The fourth-order valence-corrected chi connectivity index (χ4v) is 2.90. The lowest BCUT2D eigenvalue weighted by atomic mass is 10.1.